The lowest BCUT2D eigenvalue weighted by molar-refractivity contribution is -0.154. The third-order valence-electron chi connectivity index (χ3n) is 5.76. The molecule has 0 radical (unpaired) electrons. The summed E-state index contributed by atoms with van der Waals surface area (Å²) < 4.78 is 10.8. The van der Waals surface area contributed by atoms with Crippen molar-refractivity contribution in [3.8, 4) is 17.5 Å². The first-order chi connectivity index (χ1) is 13.6. The van der Waals surface area contributed by atoms with E-state index in [2.05, 4.69) is 15.3 Å². The molecule has 2 aromatic heterocycles. The van der Waals surface area contributed by atoms with Gasteiger partial charge in [0.15, 0.2) is 5.76 Å². The predicted molar refractivity (Wildman–Crippen MR) is 102 cm³/mol. The summed E-state index contributed by atoms with van der Waals surface area (Å²) in [7, 11) is 0. The summed E-state index contributed by atoms with van der Waals surface area (Å²) in [5.41, 5.74) is 0.484. The molecule has 0 amide bonds. The molecule has 5 rings (SSSR count). The Kier molecular flexibility index (Phi) is 5.23. The predicted octanol–water partition coefficient (Wildman–Crippen LogP) is 4.04. The number of carbonyl (C=O) groups is 1. The molecule has 0 aromatic carbocycles. The van der Waals surface area contributed by atoms with E-state index in [4.69, 9.17) is 26.0 Å². The maximum Gasteiger partial charge on any atom is 0.311 e. The van der Waals surface area contributed by atoms with E-state index < -0.39 is 0 Å². The minimum absolute atomic E-state index is 0.0448. The van der Waals surface area contributed by atoms with Crippen LogP contribution in [-0.4, -0.2) is 28.6 Å². The van der Waals surface area contributed by atoms with Gasteiger partial charge in [-0.3, -0.25) is 4.79 Å². The molecular formula is C20H21ClN4O3. The first-order valence-electron chi connectivity index (χ1n) is 9.57. The molecule has 0 aliphatic heterocycles. The Morgan fingerprint density at radius 3 is 2.75 bits per heavy atom. The van der Waals surface area contributed by atoms with E-state index in [1.165, 1.54) is 0 Å². The van der Waals surface area contributed by atoms with Gasteiger partial charge in [-0.15, -0.1) is 0 Å². The highest BCUT2D eigenvalue weighted by atomic mass is 35.5. The SMILES string of the molecule is CCOC(=O)[C@H]1C2CCC(CC2)[C@@H]1Nc1cc(-c2ccc(C#N)o2)nc(Cl)n1. The van der Waals surface area contributed by atoms with Crippen molar-refractivity contribution in [1.82, 2.24) is 9.97 Å². The van der Waals surface area contributed by atoms with Crippen LogP contribution >= 0.6 is 11.6 Å². The highest BCUT2D eigenvalue weighted by molar-refractivity contribution is 6.28. The highest BCUT2D eigenvalue weighted by Crippen LogP contribution is 2.46. The zero-order chi connectivity index (χ0) is 19.7. The van der Waals surface area contributed by atoms with Crippen molar-refractivity contribution in [3.05, 3.63) is 29.2 Å². The second kappa shape index (κ2) is 7.80. The van der Waals surface area contributed by atoms with Crippen LogP contribution in [0.4, 0.5) is 5.82 Å². The summed E-state index contributed by atoms with van der Waals surface area (Å²) in [6, 6.07) is 6.89. The molecular weight excluding hydrogens is 380 g/mol. The van der Waals surface area contributed by atoms with Crippen LogP contribution in [0.3, 0.4) is 0 Å². The van der Waals surface area contributed by atoms with Gasteiger partial charge in [-0.05, 0) is 68.2 Å². The summed E-state index contributed by atoms with van der Waals surface area (Å²) in [5, 5.41) is 12.5. The van der Waals surface area contributed by atoms with Crippen molar-refractivity contribution in [2.75, 3.05) is 11.9 Å². The molecule has 2 heterocycles. The van der Waals surface area contributed by atoms with E-state index in [9.17, 15) is 4.79 Å². The van der Waals surface area contributed by atoms with Crippen LogP contribution in [-0.2, 0) is 9.53 Å². The van der Waals surface area contributed by atoms with E-state index in [1.54, 1.807) is 18.2 Å². The second-order valence-electron chi connectivity index (χ2n) is 7.31. The number of carbonyl (C=O) groups excluding carboxylic acids is 1. The standard InChI is InChI=1S/C20H21ClN4O3/c1-2-27-19(26)17-11-3-5-12(6-4-11)18(17)24-16-9-14(23-20(21)25-16)15-8-7-13(10-22)28-15/h7-9,11-12,17-18H,2-6H2,1H3,(H,23,24,25)/t11?,12?,17-,18-/m0/s1. The lowest BCUT2D eigenvalue weighted by Crippen LogP contribution is -2.52. The Morgan fingerprint density at radius 2 is 2.07 bits per heavy atom. The lowest BCUT2D eigenvalue weighted by Gasteiger charge is -2.47. The number of hydrogen-bond acceptors (Lipinski definition) is 7. The molecule has 2 bridgehead atoms. The summed E-state index contributed by atoms with van der Waals surface area (Å²) in [6.45, 7) is 2.21. The van der Waals surface area contributed by atoms with Gasteiger partial charge < -0.3 is 14.5 Å². The summed E-state index contributed by atoms with van der Waals surface area (Å²) in [6.07, 6.45) is 4.30. The number of halogens is 1. The number of nitrogens with one attached hydrogen (secondary N) is 1. The van der Waals surface area contributed by atoms with E-state index in [0.717, 1.165) is 25.7 Å². The second-order valence-corrected chi connectivity index (χ2v) is 7.64. The summed E-state index contributed by atoms with van der Waals surface area (Å²) in [5.74, 6) is 1.59. The Hall–Kier alpha value is -2.59. The molecule has 0 saturated heterocycles. The molecule has 28 heavy (non-hydrogen) atoms. The third-order valence-corrected chi connectivity index (χ3v) is 5.93. The number of anilines is 1. The Labute approximate surface area is 168 Å². The van der Waals surface area contributed by atoms with Crippen LogP contribution < -0.4 is 5.32 Å². The monoisotopic (exact) mass is 400 g/mol. The van der Waals surface area contributed by atoms with Crippen LogP contribution in [0.1, 0.15) is 38.4 Å². The van der Waals surface area contributed by atoms with Gasteiger partial charge in [0.2, 0.25) is 11.0 Å². The minimum Gasteiger partial charge on any atom is -0.466 e. The molecule has 0 unspecified atom stereocenters. The van der Waals surface area contributed by atoms with Gasteiger partial charge in [-0.1, -0.05) is 0 Å². The zero-order valence-electron chi connectivity index (χ0n) is 15.5. The van der Waals surface area contributed by atoms with Crippen LogP contribution in [0.15, 0.2) is 22.6 Å². The number of nitriles is 1. The van der Waals surface area contributed by atoms with Crippen LogP contribution in [0.25, 0.3) is 11.5 Å². The Bertz CT molecular complexity index is 914. The lowest BCUT2D eigenvalue weighted by atomic mass is 9.61. The molecule has 7 nitrogen and oxygen atoms in total. The number of hydrogen-bond donors (Lipinski definition) is 1. The average molecular weight is 401 g/mol. The van der Waals surface area contributed by atoms with Crippen molar-refractivity contribution in [1.29, 1.82) is 5.26 Å². The maximum absolute atomic E-state index is 12.6. The van der Waals surface area contributed by atoms with Gasteiger partial charge in [-0.25, -0.2) is 9.97 Å². The fourth-order valence-electron chi connectivity index (χ4n) is 4.56. The smallest absolute Gasteiger partial charge is 0.311 e. The quantitative estimate of drug-likeness (QED) is 0.596. The third kappa shape index (κ3) is 3.57. The van der Waals surface area contributed by atoms with Crippen LogP contribution in [0.5, 0.6) is 0 Å². The topological polar surface area (TPSA) is 101 Å². The van der Waals surface area contributed by atoms with Crippen molar-refractivity contribution in [2.24, 2.45) is 17.8 Å². The number of nitrogens with zero attached hydrogens (tertiary/aromatic N) is 3. The number of aromatic nitrogens is 2. The fourth-order valence-corrected chi connectivity index (χ4v) is 4.74. The number of ether oxygens (including phenoxy) is 1. The highest BCUT2D eigenvalue weighted by Gasteiger charge is 2.48. The molecule has 1 N–H and O–H groups in total. The Balaban J connectivity index is 1.62. The molecule has 8 heteroatoms. The van der Waals surface area contributed by atoms with E-state index in [0.29, 0.717) is 35.7 Å². The average Bonchev–Trinajstić information content (AvgIpc) is 3.18. The molecule has 2 aromatic rings. The van der Waals surface area contributed by atoms with Crippen molar-refractivity contribution >= 4 is 23.4 Å². The number of furan rings is 1. The maximum atomic E-state index is 12.6. The van der Waals surface area contributed by atoms with Gasteiger partial charge in [0.05, 0.1) is 12.5 Å². The van der Waals surface area contributed by atoms with E-state index >= 15 is 0 Å². The van der Waals surface area contributed by atoms with Crippen LogP contribution in [0, 0.1) is 29.1 Å². The van der Waals surface area contributed by atoms with Crippen molar-refractivity contribution < 1.29 is 13.9 Å². The number of esters is 1. The first kappa shape index (κ1) is 18.8. The van der Waals surface area contributed by atoms with Gasteiger partial charge in [0.25, 0.3) is 0 Å². The molecule has 3 aliphatic rings. The van der Waals surface area contributed by atoms with Gasteiger partial charge >= 0.3 is 5.97 Å². The van der Waals surface area contributed by atoms with Gasteiger partial charge in [0, 0.05) is 12.1 Å². The first-order valence-corrected chi connectivity index (χ1v) is 9.95. The summed E-state index contributed by atoms with van der Waals surface area (Å²) >= 11 is 6.13. The zero-order valence-corrected chi connectivity index (χ0v) is 16.3. The van der Waals surface area contributed by atoms with Crippen LogP contribution in [0.2, 0.25) is 5.28 Å². The molecule has 2 atom stereocenters. The molecule has 0 spiro atoms. The normalized spacial score (nSPS) is 25.9. The molecule has 3 saturated carbocycles. The largest absolute Gasteiger partial charge is 0.466 e. The van der Waals surface area contributed by atoms with Gasteiger partial charge in [0.1, 0.15) is 17.6 Å². The van der Waals surface area contributed by atoms with E-state index in [1.807, 2.05) is 13.0 Å². The van der Waals surface area contributed by atoms with Crippen molar-refractivity contribution in [3.63, 3.8) is 0 Å². The minimum atomic E-state index is -0.182. The number of rotatable bonds is 5. The molecule has 3 aliphatic carbocycles. The fraction of sp³-hybridized carbons (Fsp3) is 0.500. The summed E-state index contributed by atoms with van der Waals surface area (Å²) in [4.78, 5) is 21.1. The van der Waals surface area contributed by atoms with Gasteiger partial charge in [-0.2, -0.15) is 5.26 Å². The van der Waals surface area contributed by atoms with Crippen molar-refractivity contribution in [2.45, 2.75) is 38.6 Å². The molecule has 3 fully saturated rings. The Morgan fingerprint density at radius 1 is 1.32 bits per heavy atom. The molecule has 146 valence electrons. The number of fused-ring (bicyclic) bond motifs is 3. The van der Waals surface area contributed by atoms with E-state index in [-0.39, 0.29) is 29.0 Å².